The fourth-order valence-electron chi connectivity index (χ4n) is 2.43. The molecule has 0 spiro atoms. The van der Waals surface area contributed by atoms with Crippen LogP contribution < -0.4 is 5.32 Å². The highest BCUT2D eigenvalue weighted by Gasteiger charge is 2.27. The predicted molar refractivity (Wildman–Crippen MR) is 80.9 cm³/mol. The second kappa shape index (κ2) is 7.31. The lowest BCUT2D eigenvalue weighted by Crippen LogP contribution is -2.27. The van der Waals surface area contributed by atoms with Gasteiger partial charge in [-0.05, 0) is 18.6 Å². The number of ether oxygens (including phenoxy) is 1. The maximum absolute atomic E-state index is 6.02. The van der Waals surface area contributed by atoms with E-state index in [-0.39, 0.29) is 0 Å². The van der Waals surface area contributed by atoms with Gasteiger partial charge in [0, 0.05) is 24.5 Å². The molecule has 0 radical (unpaired) electrons. The molecule has 1 N–H and O–H groups in total. The quantitative estimate of drug-likeness (QED) is 0.816. The van der Waals surface area contributed by atoms with Crippen LogP contribution in [-0.2, 0) is 11.3 Å². The Morgan fingerprint density at radius 2 is 2.32 bits per heavy atom. The number of anilines is 1. The largest absolute Gasteiger partial charge is 0.377 e. The molecule has 0 saturated heterocycles. The molecule has 0 aliphatic heterocycles. The van der Waals surface area contributed by atoms with Crippen molar-refractivity contribution in [3.8, 4) is 0 Å². The predicted octanol–water partition coefficient (Wildman–Crippen LogP) is 3.36. The van der Waals surface area contributed by atoms with E-state index in [0.29, 0.717) is 28.9 Å². The van der Waals surface area contributed by atoms with Gasteiger partial charge in [-0.2, -0.15) is 11.8 Å². The Bertz CT molecular complexity index is 419. The van der Waals surface area contributed by atoms with Gasteiger partial charge < -0.3 is 10.1 Å². The number of halogens is 1. The Kier molecular flexibility index (Phi) is 5.73. The molecule has 106 valence electrons. The van der Waals surface area contributed by atoms with Crippen LogP contribution in [0, 0.1) is 0 Å². The molecule has 1 aliphatic rings. The standard InChI is InChI=1S/C13H20ClN3OS/c1-3-19-10-6-4-5-9(10)15-12-7-11(14)16-13(17-12)8-18-2/h7,9-10H,3-6,8H2,1-2H3,(H,15,16,17). The second-order valence-electron chi connectivity index (χ2n) is 4.60. The molecule has 1 aliphatic carbocycles. The van der Waals surface area contributed by atoms with E-state index in [1.165, 1.54) is 19.3 Å². The van der Waals surface area contributed by atoms with Gasteiger partial charge in [-0.15, -0.1) is 0 Å². The maximum atomic E-state index is 6.02. The molecular formula is C13H20ClN3OS. The minimum atomic E-state index is 0.382. The maximum Gasteiger partial charge on any atom is 0.158 e. The normalized spacial score (nSPS) is 22.7. The number of rotatable bonds is 6. The van der Waals surface area contributed by atoms with E-state index in [0.717, 1.165) is 11.6 Å². The second-order valence-corrected chi connectivity index (χ2v) is 6.50. The van der Waals surface area contributed by atoms with Gasteiger partial charge in [0.2, 0.25) is 0 Å². The number of nitrogens with one attached hydrogen (secondary N) is 1. The van der Waals surface area contributed by atoms with Crippen LogP contribution in [-0.4, -0.2) is 34.1 Å². The van der Waals surface area contributed by atoms with Crippen molar-refractivity contribution >= 4 is 29.2 Å². The Morgan fingerprint density at radius 3 is 3.05 bits per heavy atom. The Labute approximate surface area is 123 Å². The summed E-state index contributed by atoms with van der Waals surface area (Å²) in [5, 5.41) is 4.63. The third kappa shape index (κ3) is 4.23. The summed E-state index contributed by atoms with van der Waals surface area (Å²) in [6.07, 6.45) is 3.75. The van der Waals surface area contributed by atoms with E-state index in [4.69, 9.17) is 16.3 Å². The third-order valence-electron chi connectivity index (χ3n) is 3.18. The lowest BCUT2D eigenvalue weighted by atomic mass is 10.2. The average molecular weight is 302 g/mol. The Balaban J connectivity index is 2.05. The molecule has 19 heavy (non-hydrogen) atoms. The summed E-state index contributed by atoms with van der Waals surface area (Å²) in [6, 6.07) is 2.26. The minimum Gasteiger partial charge on any atom is -0.377 e. The molecule has 1 aromatic rings. The van der Waals surface area contributed by atoms with Crippen molar-refractivity contribution in [2.45, 2.75) is 44.1 Å². The lowest BCUT2D eigenvalue weighted by molar-refractivity contribution is 0.178. The zero-order chi connectivity index (χ0) is 13.7. The van der Waals surface area contributed by atoms with Crippen LogP contribution in [0.2, 0.25) is 5.15 Å². The fraction of sp³-hybridized carbons (Fsp3) is 0.692. The first-order chi connectivity index (χ1) is 9.22. The van der Waals surface area contributed by atoms with Gasteiger partial charge >= 0.3 is 0 Å². The molecule has 1 fully saturated rings. The molecule has 6 heteroatoms. The average Bonchev–Trinajstić information content (AvgIpc) is 2.77. The van der Waals surface area contributed by atoms with Gasteiger partial charge in [-0.1, -0.05) is 24.9 Å². The summed E-state index contributed by atoms with van der Waals surface area (Å²) in [6.45, 7) is 2.59. The monoisotopic (exact) mass is 301 g/mol. The van der Waals surface area contributed by atoms with Crippen LogP contribution >= 0.6 is 23.4 Å². The number of hydrogen-bond acceptors (Lipinski definition) is 5. The smallest absolute Gasteiger partial charge is 0.158 e. The van der Waals surface area contributed by atoms with Crippen molar-refractivity contribution in [1.29, 1.82) is 0 Å². The van der Waals surface area contributed by atoms with Crippen molar-refractivity contribution in [2.75, 3.05) is 18.2 Å². The fourth-order valence-corrected chi connectivity index (χ4v) is 3.83. The molecule has 1 aromatic heterocycles. The number of thioether (sulfide) groups is 1. The van der Waals surface area contributed by atoms with Crippen molar-refractivity contribution in [2.24, 2.45) is 0 Å². The van der Waals surface area contributed by atoms with Crippen molar-refractivity contribution < 1.29 is 4.74 Å². The zero-order valence-electron chi connectivity index (χ0n) is 11.4. The number of nitrogens with zero attached hydrogens (tertiary/aromatic N) is 2. The van der Waals surface area contributed by atoms with E-state index in [1.807, 2.05) is 11.8 Å². The first kappa shape index (κ1) is 14.9. The van der Waals surface area contributed by atoms with E-state index in [1.54, 1.807) is 13.2 Å². The first-order valence-corrected chi connectivity index (χ1v) is 8.06. The molecule has 0 amide bonds. The van der Waals surface area contributed by atoms with Gasteiger partial charge in [-0.25, -0.2) is 9.97 Å². The topological polar surface area (TPSA) is 47.0 Å². The highest BCUT2D eigenvalue weighted by Crippen LogP contribution is 2.32. The van der Waals surface area contributed by atoms with Gasteiger partial charge in [0.25, 0.3) is 0 Å². The molecule has 2 atom stereocenters. The van der Waals surface area contributed by atoms with Gasteiger partial charge in [0.05, 0.1) is 0 Å². The van der Waals surface area contributed by atoms with Crippen molar-refractivity contribution in [3.63, 3.8) is 0 Å². The first-order valence-electron chi connectivity index (χ1n) is 6.63. The van der Waals surface area contributed by atoms with Gasteiger partial charge in [-0.3, -0.25) is 0 Å². The molecule has 2 unspecified atom stereocenters. The molecule has 0 aromatic carbocycles. The molecular weight excluding hydrogens is 282 g/mol. The van der Waals surface area contributed by atoms with E-state index in [9.17, 15) is 0 Å². The van der Waals surface area contributed by atoms with Crippen LogP contribution in [0.1, 0.15) is 32.0 Å². The summed E-state index contributed by atoms with van der Waals surface area (Å²) in [5.41, 5.74) is 0. The van der Waals surface area contributed by atoms with Crippen LogP contribution in [0.4, 0.5) is 5.82 Å². The summed E-state index contributed by atoms with van der Waals surface area (Å²) in [5.74, 6) is 2.58. The number of hydrogen-bond donors (Lipinski definition) is 1. The van der Waals surface area contributed by atoms with Crippen LogP contribution in [0.15, 0.2) is 6.07 Å². The highest BCUT2D eigenvalue weighted by molar-refractivity contribution is 7.99. The minimum absolute atomic E-state index is 0.382. The molecule has 2 rings (SSSR count). The molecule has 1 heterocycles. The summed E-state index contributed by atoms with van der Waals surface area (Å²) in [4.78, 5) is 8.58. The number of methoxy groups -OCH3 is 1. The van der Waals surface area contributed by atoms with Crippen LogP contribution in [0.25, 0.3) is 0 Å². The van der Waals surface area contributed by atoms with Crippen LogP contribution in [0.5, 0.6) is 0 Å². The zero-order valence-corrected chi connectivity index (χ0v) is 12.9. The van der Waals surface area contributed by atoms with E-state index < -0.39 is 0 Å². The van der Waals surface area contributed by atoms with Crippen molar-refractivity contribution in [1.82, 2.24) is 9.97 Å². The highest BCUT2D eigenvalue weighted by atomic mass is 35.5. The molecule has 1 saturated carbocycles. The summed E-state index contributed by atoms with van der Waals surface area (Å²) < 4.78 is 5.05. The van der Waals surface area contributed by atoms with E-state index >= 15 is 0 Å². The number of aromatic nitrogens is 2. The van der Waals surface area contributed by atoms with Gasteiger partial charge in [0.1, 0.15) is 17.6 Å². The third-order valence-corrected chi connectivity index (χ3v) is 4.70. The summed E-state index contributed by atoms with van der Waals surface area (Å²) in [7, 11) is 1.63. The van der Waals surface area contributed by atoms with Crippen LogP contribution in [0.3, 0.4) is 0 Å². The Hall–Kier alpha value is -0.520. The lowest BCUT2D eigenvalue weighted by Gasteiger charge is -2.21. The summed E-state index contributed by atoms with van der Waals surface area (Å²) >= 11 is 8.04. The molecule has 0 bridgehead atoms. The van der Waals surface area contributed by atoms with Crippen molar-refractivity contribution in [3.05, 3.63) is 17.0 Å². The molecule has 4 nitrogen and oxygen atoms in total. The Morgan fingerprint density at radius 1 is 1.47 bits per heavy atom. The van der Waals surface area contributed by atoms with Gasteiger partial charge in [0.15, 0.2) is 5.82 Å². The SMILES string of the molecule is CCSC1CCCC1Nc1cc(Cl)nc(COC)n1. The van der Waals surface area contributed by atoms with E-state index in [2.05, 4.69) is 22.2 Å².